The normalized spacial score (nSPS) is 15.8. The average Bonchev–Trinajstić information content (AvgIpc) is 2.39. The zero-order valence-corrected chi connectivity index (χ0v) is 13.0. The van der Waals surface area contributed by atoms with E-state index in [1.165, 1.54) is 13.0 Å². The van der Waals surface area contributed by atoms with Crippen LogP contribution in [0.5, 0.6) is 0 Å². The third-order valence-electron chi connectivity index (χ3n) is 3.17. The standard InChI is InChI=1S/C13H14N2O6S/c1-4-21-13(16)12-8(3)14-11-7(2)5-9(15(17)18)6-10(11)22(12,19)20/h5-6,14H,4H2,1-3H3. The third-order valence-corrected chi connectivity index (χ3v) is 5.08. The molecule has 1 heterocycles. The first-order valence-corrected chi connectivity index (χ1v) is 7.87. The van der Waals surface area contributed by atoms with Gasteiger partial charge in [0, 0.05) is 17.8 Å². The van der Waals surface area contributed by atoms with E-state index in [1.54, 1.807) is 13.8 Å². The summed E-state index contributed by atoms with van der Waals surface area (Å²) in [4.78, 5) is 21.3. The maximum Gasteiger partial charge on any atom is 0.351 e. The number of allylic oxidation sites excluding steroid dienone is 1. The Hall–Kier alpha value is -2.42. The number of rotatable bonds is 3. The van der Waals surface area contributed by atoms with Gasteiger partial charge in [-0.1, -0.05) is 0 Å². The van der Waals surface area contributed by atoms with Crippen molar-refractivity contribution in [2.24, 2.45) is 0 Å². The minimum atomic E-state index is -4.19. The first-order valence-electron chi connectivity index (χ1n) is 6.39. The second kappa shape index (κ2) is 5.41. The smallest absolute Gasteiger partial charge is 0.351 e. The largest absolute Gasteiger partial charge is 0.462 e. The maximum atomic E-state index is 12.6. The van der Waals surface area contributed by atoms with Crippen LogP contribution >= 0.6 is 0 Å². The van der Waals surface area contributed by atoms with Crippen molar-refractivity contribution in [1.82, 2.24) is 0 Å². The van der Waals surface area contributed by atoms with Crippen LogP contribution in [-0.2, 0) is 19.4 Å². The molecule has 0 amide bonds. The summed E-state index contributed by atoms with van der Waals surface area (Å²) in [5, 5.41) is 13.7. The van der Waals surface area contributed by atoms with Gasteiger partial charge < -0.3 is 10.1 Å². The van der Waals surface area contributed by atoms with Gasteiger partial charge in [-0.3, -0.25) is 10.1 Å². The van der Waals surface area contributed by atoms with Crippen LogP contribution in [0.25, 0.3) is 0 Å². The average molecular weight is 326 g/mol. The van der Waals surface area contributed by atoms with Crippen LogP contribution in [0.3, 0.4) is 0 Å². The van der Waals surface area contributed by atoms with Gasteiger partial charge in [-0.05, 0) is 26.3 Å². The van der Waals surface area contributed by atoms with E-state index < -0.39 is 25.6 Å². The summed E-state index contributed by atoms with van der Waals surface area (Å²) in [5.74, 6) is -0.984. The van der Waals surface area contributed by atoms with E-state index in [-0.39, 0.29) is 28.6 Å². The molecule has 1 N–H and O–H groups in total. The van der Waals surface area contributed by atoms with Crippen LogP contribution in [0, 0.1) is 17.0 Å². The summed E-state index contributed by atoms with van der Waals surface area (Å²) in [7, 11) is -4.19. The Morgan fingerprint density at radius 1 is 1.36 bits per heavy atom. The number of benzene rings is 1. The van der Waals surface area contributed by atoms with Gasteiger partial charge in [0.1, 0.15) is 4.90 Å². The minimum absolute atomic E-state index is 0.0198. The predicted molar refractivity (Wildman–Crippen MR) is 78.0 cm³/mol. The number of nitrogens with zero attached hydrogens (tertiary/aromatic N) is 1. The molecule has 0 saturated heterocycles. The number of nitrogens with one attached hydrogen (secondary N) is 1. The van der Waals surface area contributed by atoms with Crippen molar-refractivity contribution in [1.29, 1.82) is 0 Å². The van der Waals surface area contributed by atoms with Crippen LogP contribution in [0.2, 0.25) is 0 Å². The van der Waals surface area contributed by atoms with Crippen molar-refractivity contribution in [2.75, 3.05) is 11.9 Å². The molecule has 1 aliphatic heterocycles. The SMILES string of the molecule is CCOC(=O)C1=C(C)Nc2c(C)cc([N+](=O)[O-])cc2S1(=O)=O. The highest BCUT2D eigenvalue weighted by Crippen LogP contribution is 2.39. The van der Waals surface area contributed by atoms with Crippen LogP contribution in [0.15, 0.2) is 27.6 Å². The van der Waals surface area contributed by atoms with Gasteiger partial charge in [-0.2, -0.15) is 0 Å². The fourth-order valence-electron chi connectivity index (χ4n) is 2.23. The Bertz CT molecular complexity index is 810. The summed E-state index contributed by atoms with van der Waals surface area (Å²) in [6, 6.07) is 2.21. The van der Waals surface area contributed by atoms with Gasteiger partial charge >= 0.3 is 5.97 Å². The van der Waals surface area contributed by atoms with Crippen LogP contribution in [0.4, 0.5) is 11.4 Å². The van der Waals surface area contributed by atoms with Gasteiger partial charge in [0.25, 0.3) is 5.69 Å². The fourth-order valence-corrected chi connectivity index (χ4v) is 3.94. The first-order chi connectivity index (χ1) is 10.2. The molecule has 1 aromatic rings. The minimum Gasteiger partial charge on any atom is -0.462 e. The molecular formula is C13H14N2O6S. The van der Waals surface area contributed by atoms with E-state index in [2.05, 4.69) is 5.32 Å². The molecule has 0 unspecified atom stereocenters. The van der Waals surface area contributed by atoms with Crippen molar-refractivity contribution < 1.29 is 22.9 Å². The molecule has 1 aromatic carbocycles. The Morgan fingerprint density at radius 2 is 2.00 bits per heavy atom. The number of esters is 1. The van der Waals surface area contributed by atoms with Gasteiger partial charge in [0.15, 0.2) is 4.91 Å². The van der Waals surface area contributed by atoms with E-state index in [1.807, 2.05) is 0 Å². The quantitative estimate of drug-likeness (QED) is 0.512. The lowest BCUT2D eigenvalue weighted by Gasteiger charge is -2.23. The van der Waals surface area contributed by atoms with Crippen LogP contribution < -0.4 is 5.32 Å². The Labute approximate surface area is 126 Å². The van der Waals surface area contributed by atoms with Gasteiger partial charge in [-0.15, -0.1) is 0 Å². The maximum absolute atomic E-state index is 12.6. The van der Waals surface area contributed by atoms with Crippen molar-refractivity contribution >= 4 is 27.2 Å². The second-order valence-corrected chi connectivity index (χ2v) is 6.55. The van der Waals surface area contributed by atoms with Crippen molar-refractivity contribution in [3.8, 4) is 0 Å². The van der Waals surface area contributed by atoms with E-state index in [0.29, 0.717) is 5.56 Å². The third kappa shape index (κ3) is 2.43. The first kappa shape index (κ1) is 16.0. The Morgan fingerprint density at radius 3 is 2.55 bits per heavy atom. The van der Waals surface area contributed by atoms with E-state index in [0.717, 1.165) is 6.07 Å². The molecule has 0 fully saturated rings. The lowest BCUT2D eigenvalue weighted by molar-refractivity contribution is -0.385. The van der Waals surface area contributed by atoms with Gasteiger partial charge in [-0.25, -0.2) is 13.2 Å². The Balaban J connectivity index is 2.71. The number of aryl methyl sites for hydroxylation is 1. The highest BCUT2D eigenvalue weighted by molar-refractivity contribution is 7.96. The number of ether oxygens (including phenoxy) is 1. The molecule has 2 rings (SSSR count). The van der Waals surface area contributed by atoms with Gasteiger partial charge in [0.2, 0.25) is 9.84 Å². The fraction of sp³-hybridized carbons (Fsp3) is 0.308. The van der Waals surface area contributed by atoms with E-state index >= 15 is 0 Å². The summed E-state index contributed by atoms with van der Waals surface area (Å²) in [5.41, 5.74) is 0.401. The van der Waals surface area contributed by atoms with E-state index in [4.69, 9.17) is 4.74 Å². The Kier molecular flexibility index (Phi) is 3.92. The van der Waals surface area contributed by atoms with Crippen LogP contribution in [-0.4, -0.2) is 25.9 Å². The summed E-state index contributed by atoms with van der Waals surface area (Å²) >= 11 is 0. The lowest BCUT2D eigenvalue weighted by atomic mass is 10.1. The number of non-ortho nitro benzene ring substituents is 1. The summed E-state index contributed by atoms with van der Waals surface area (Å²) < 4.78 is 30.0. The molecule has 22 heavy (non-hydrogen) atoms. The molecule has 0 saturated carbocycles. The van der Waals surface area contributed by atoms with Crippen molar-refractivity contribution in [2.45, 2.75) is 25.7 Å². The summed E-state index contributed by atoms with van der Waals surface area (Å²) in [6.07, 6.45) is 0. The number of hydrogen-bond donors (Lipinski definition) is 1. The second-order valence-electron chi connectivity index (χ2n) is 4.70. The molecule has 118 valence electrons. The molecule has 0 bridgehead atoms. The molecule has 0 aliphatic carbocycles. The highest BCUT2D eigenvalue weighted by Gasteiger charge is 2.38. The number of nitro benzene ring substituents is 1. The number of nitro groups is 1. The molecule has 0 atom stereocenters. The summed E-state index contributed by atoms with van der Waals surface area (Å²) in [6.45, 7) is 4.57. The molecular weight excluding hydrogens is 312 g/mol. The molecule has 9 heteroatoms. The zero-order chi connectivity index (χ0) is 16.7. The number of fused-ring (bicyclic) bond motifs is 1. The van der Waals surface area contributed by atoms with Crippen molar-refractivity contribution in [3.63, 3.8) is 0 Å². The van der Waals surface area contributed by atoms with Crippen molar-refractivity contribution in [3.05, 3.63) is 38.4 Å². The number of anilines is 1. The number of carbonyl (C=O) groups excluding carboxylic acids is 1. The molecule has 0 radical (unpaired) electrons. The topological polar surface area (TPSA) is 116 Å². The predicted octanol–water partition coefficient (Wildman–Crippen LogP) is 1.90. The number of carbonyl (C=O) groups is 1. The zero-order valence-electron chi connectivity index (χ0n) is 12.2. The monoisotopic (exact) mass is 326 g/mol. The lowest BCUT2D eigenvalue weighted by Crippen LogP contribution is -2.25. The molecule has 1 aliphatic rings. The molecule has 0 spiro atoms. The molecule has 0 aromatic heterocycles. The van der Waals surface area contributed by atoms with E-state index in [9.17, 15) is 23.3 Å². The number of hydrogen-bond acceptors (Lipinski definition) is 7. The highest BCUT2D eigenvalue weighted by atomic mass is 32.2. The molecule has 8 nitrogen and oxygen atoms in total. The van der Waals surface area contributed by atoms with Gasteiger partial charge in [0.05, 0.1) is 17.2 Å². The number of sulfone groups is 1. The van der Waals surface area contributed by atoms with Crippen LogP contribution in [0.1, 0.15) is 19.4 Å².